The molecule has 2 heteroatoms. The van der Waals surface area contributed by atoms with Crippen molar-refractivity contribution < 1.29 is 9.53 Å². The lowest BCUT2D eigenvalue weighted by Crippen LogP contribution is -2.36. The molecule has 1 atom stereocenters. The van der Waals surface area contributed by atoms with Gasteiger partial charge in [0.1, 0.15) is 11.4 Å². The summed E-state index contributed by atoms with van der Waals surface area (Å²) >= 11 is 0. The highest BCUT2D eigenvalue weighted by Crippen LogP contribution is 2.38. The molecule has 0 amide bonds. The zero-order valence-corrected chi connectivity index (χ0v) is 10.2. The Morgan fingerprint density at radius 1 is 1.00 bits per heavy atom. The second-order valence-electron chi connectivity index (χ2n) is 4.80. The minimum Gasteiger partial charge on any atom is -0.482 e. The average molecular weight is 238 g/mol. The van der Waals surface area contributed by atoms with Gasteiger partial charge in [0.15, 0.2) is 5.78 Å². The number of ether oxygens (including phenoxy) is 1. The van der Waals surface area contributed by atoms with E-state index < -0.39 is 5.60 Å². The first kappa shape index (κ1) is 11.0. The molecule has 18 heavy (non-hydrogen) atoms. The second-order valence-corrected chi connectivity index (χ2v) is 4.80. The van der Waals surface area contributed by atoms with Crippen LogP contribution >= 0.6 is 0 Å². The maximum Gasteiger partial charge on any atom is 0.170 e. The predicted molar refractivity (Wildman–Crippen MR) is 69.8 cm³/mol. The van der Waals surface area contributed by atoms with Crippen molar-refractivity contribution in [2.24, 2.45) is 0 Å². The van der Waals surface area contributed by atoms with Gasteiger partial charge >= 0.3 is 0 Å². The third-order valence-corrected chi connectivity index (χ3v) is 3.41. The lowest BCUT2D eigenvalue weighted by Gasteiger charge is -2.35. The third kappa shape index (κ3) is 1.70. The molecule has 90 valence electrons. The van der Waals surface area contributed by atoms with Gasteiger partial charge in [-0.15, -0.1) is 0 Å². The number of benzene rings is 2. The van der Waals surface area contributed by atoms with E-state index in [1.54, 1.807) is 0 Å². The maximum absolute atomic E-state index is 12.2. The Morgan fingerprint density at radius 3 is 2.44 bits per heavy atom. The molecule has 1 unspecified atom stereocenters. The monoisotopic (exact) mass is 238 g/mol. The SMILES string of the molecule is CC1(c2ccccc2)CC(=O)c2ccccc2O1. The Morgan fingerprint density at radius 2 is 1.67 bits per heavy atom. The van der Waals surface area contributed by atoms with Crippen LogP contribution in [0.4, 0.5) is 0 Å². The summed E-state index contributed by atoms with van der Waals surface area (Å²) in [5, 5.41) is 0. The molecule has 0 spiro atoms. The van der Waals surface area contributed by atoms with Crippen molar-refractivity contribution in [3.05, 3.63) is 65.7 Å². The number of carbonyl (C=O) groups excluding carboxylic acids is 1. The van der Waals surface area contributed by atoms with Gasteiger partial charge in [-0.25, -0.2) is 0 Å². The first-order valence-corrected chi connectivity index (χ1v) is 6.06. The van der Waals surface area contributed by atoms with Crippen LogP contribution in [0.25, 0.3) is 0 Å². The van der Waals surface area contributed by atoms with Crippen LogP contribution in [0.2, 0.25) is 0 Å². The number of carbonyl (C=O) groups is 1. The van der Waals surface area contributed by atoms with Crippen LogP contribution < -0.4 is 4.74 Å². The van der Waals surface area contributed by atoms with E-state index in [1.807, 2.05) is 61.5 Å². The summed E-state index contributed by atoms with van der Waals surface area (Å²) in [6.07, 6.45) is 0.383. The molecule has 0 fully saturated rings. The summed E-state index contributed by atoms with van der Waals surface area (Å²) < 4.78 is 6.06. The highest BCUT2D eigenvalue weighted by Gasteiger charge is 2.37. The van der Waals surface area contributed by atoms with Gasteiger partial charge in [-0.1, -0.05) is 42.5 Å². The van der Waals surface area contributed by atoms with Crippen molar-refractivity contribution in [2.75, 3.05) is 0 Å². The number of fused-ring (bicyclic) bond motifs is 1. The summed E-state index contributed by atoms with van der Waals surface area (Å²) in [6, 6.07) is 17.3. The van der Waals surface area contributed by atoms with Gasteiger partial charge in [-0.3, -0.25) is 4.79 Å². The first-order chi connectivity index (χ1) is 8.69. The van der Waals surface area contributed by atoms with Gasteiger partial charge in [0.2, 0.25) is 0 Å². The van der Waals surface area contributed by atoms with Crippen molar-refractivity contribution in [1.82, 2.24) is 0 Å². The molecule has 1 heterocycles. The zero-order valence-electron chi connectivity index (χ0n) is 10.2. The highest BCUT2D eigenvalue weighted by molar-refractivity contribution is 6.00. The standard InChI is InChI=1S/C16H14O2/c1-16(12-7-3-2-4-8-12)11-14(17)13-9-5-6-10-15(13)18-16/h2-10H,11H2,1H3. The number of para-hydroxylation sites is 1. The zero-order chi connectivity index (χ0) is 12.6. The van der Waals surface area contributed by atoms with E-state index in [0.29, 0.717) is 17.7 Å². The van der Waals surface area contributed by atoms with Crippen molar-refractivity contribution in [2.45, 2.75) is 18.9 Å². The molecule has 0 aliphatic carbocycles. The van der Waals surface area contributed by atoms with Gasteiger partial charge in [0.25, 0.3) is 0 Å². The maximum atomic E-state index is 12.2. The summed E-state index contributed by atoms with van der Waals surface area (Å²) in [7, 11) is 0. The number of Topliss-reactive ketones (excluding diaryl/α,β-unsaturated/α-hetero) is 1. The fourth-order valence-electron chi connectivity index (χ4n) is 2.42. The molecule has 0 saturated heterocycles. The van der Waals surface area contributed by atoms with Gasteiger partial charge in [0, 0.05) is 0 Å². The van der Waals surface area contributed by atoms with Crippen LogP contribution in [0.5, 0.6) is 5.75 Å². The molecule has 0 saturated carbocycles. The Hall–Kier alpha value is -2.09. The number of rotatable bonds is 1. The molecular weight excluding hydrogens is 224 g/mol. The molecular formula is C16H14O2. The average Bonchev–Trinajstić information content (AvgIpc) is 2.40. The number of hydrogen-bond donors (Lipinski definition) is 0. The number of ketones is 1. The van der Waals surface area contributed by atoms with Crippen LogP contribution in [-0.4, -0.2) is 5.78 Å². The van der Waals surface area contributed by atoms with Crippen LogP contribution in [-0.2, 0) is 5.60 Å². The Kier molecular flexibility index (Phi) is 2.44. The van der Waals surface area contributed by atoms with Crippen molar-refractivity contribution in [3.8, 4) is 5.75 Å². The molecule has 0 aromatic heterocycles. The topological polar surface area (TPSA) is 26.3 Å². The van der Waals surface area contributed by atoms with Gasteiger partial charge < -0.3 is 4.74 Å². The second kappa shape index (κ2) is 3.98. The van der Waals surface area contributed by atoms with E-state index in [1.165, 1.54) is 0 Å². The van der Waals surface area contributed by atoms with E-state index in [-0.39, 0.29) is 5.78 Å². The van der Waals surface area contributed by atoms with Crippen LogP contribution in [0.3, 0.4) is 0 Å². The molecule has 0 radical (unpaired) electrons. The predicted octanol–water partition coefficient (Wildman–Crippen LogP) is 3.57. The molecule has 2 nitrogen and oxygen atoms in total. The van der Waals surface area contributed by atoms with Crippen LogP contribution in [0, 0.1) is 0 Å². The lowest BCUT2D eigenvalue weighted by molar-refractivity contribution is 0.0503. The molecule has 0 bridgehead atoms. The van der Waals surface area contributed by atoms with E-state index in [2.05, 4.69) is 0 Å². The van der Waals surface area contributed by atoms with Crippen molar-refractivity contribution in [1.29, 1.82) is 0 Å². The smallest absolute Gasteiger partial charge is 0.170 e. The van der Waals surface area contributed by atoms with Gasteiger partial charge in [0.05, 0.1) is 12.0 Å². The third-order valence-electron chi connectivity index (χ3n) is 3.41. The lowest BCUT2D eigenvalue weighted by atomic mass is 9.86. The van der Waals surface area contributed by atoms with Crippen molar-refractivity contribution in [3.63, 3.8) is 0 Å². The summed E-state index contributed by atoms with van der Waals surface area (Å²) in [6.45, 7) is 1.97. The van der Waals surface area contributed by atoms with Crippen molar-refractivity contribution >= 4 is 5.78 Å². The summed E-state index contributed by atoms with van der Waals surface area (Å²) in [5.74, 6) is 0.823. The Balaban J connectivity index is 2.06. The van der Waals surface area contributed by atoms with E-state index in [4.69, 9.17) is 4.74 Å². The molecule has 0 N–H and O–H groups in total. The fourth-order valence-corrected chi connectivity index (χ4v) is 2.42. The summed E-state index contributed by atoms with van der Waals surface area (Å²) in [4.78, 5) is 12.2. The normalized spacial score (nSPS) is 22.2. The minimum atomic E-state index is -0.563. The quantitative estimate of drug-likeness (QED) is 0.759. The minimum absolute atomic E-state index is 0.142. The highest BCUT2D eigenvalue weighted by atomic mass is 16.5. The molecule has 1 aliphatic heterocycles. The fraction of sp³-hybridized carbons (Fsp3) is 0.188. The van der Waals surface area contributed by atoms with Crippen LogP contribution in [0.1, 0.15) is 29.3 Å². The molecule has 1 aliphatic rings. The van der Waals surface area contributed by atoms with Gasteiger partial charge in [-0.2, -0.15) is 0 Å². The molecule has 3 rings (SSSR count). The number of hydrogen-bond acceptors (Lipinski definition) is 2. The van der Waals surface area contributed by atoms with Gasteiger partial charge in [-0.05, 0) is 24.6 Å². The van der Waals surface area contributed by atoms with E-state index in [9.17, 15) is 4.79 Å². The van der Waals surface area contributed by atoms with Crippen LogP contribution in [0.15, 0.2) is 54.6 Å². The summed E-state index contributed by atoms with van der Waals surface area (Å²) in [5.41, 5.74) is 1.16. The molecule has 2 aromatic carbocycles. The Labute approximate surface area is 106 Å². The van der Waals surface area contributed by atoms with E-state index >= 15 is 0 Å². The van der Waals surface area contributed by atoms with E-state index in [0.717, 1.165) is 5.56 Å². The largest absolute Gasteiger partial charge is 0.482 e. The molecule has 2 aromatic rings. The Bertz CT molecular complexity index is 589. The first-order valence-electron chi connectivity index (χ1n) is 6.06.